The summed E-state index contributed by atoms with van der Waals surface area (Å²) in [6.45, 7) is 2.67. The predicted octanol–water partition coefficient (Wildman–Crippen LogP) is 0.899. The molecule has 0 bridgehead atoms. The second-order valence-electron chi connectivity index (χ2n) is 5.97. The van der Waals surface area contributed by atoms with Gasteiger partial charge in [0.1, 0.15) is 5.58 Å². The lowest BCUT2D eigenvalue weighted by atomic mass is 10.2. The van der Waals surface area contributed by atoms with Crippen LogP contribution in [0.25, 0.3) is 11.0 Å². The number of morpholine rings is 1. The maximum atomic E-state index is 12.8. The Morgan fingerprint density at radius 2 is 2.15 bits per heavy atom. The van der Waals surface area contributed by atoms with Gasteiger partial charge in [0.15, 0.2) is 5.76 Å². The van der Waals surface area contributed by atoms with Gasteiger partial charge < -0.3 is 29.2 Å². The predicted molar refractivity (Wildman–Crippen MR) is 95.1 cm³/mol. The number of carbonyl (C=O) groups is 2. The quantitative estimate of drug-likeness (QED) is 0.760. The van der Waals surface area contributed by atoms with Crippen molar-refractivity contribution < 1.29 is 29.0 Å². The average molecular weight is 364 g/mol. The van der Waals surface area contributed by atoms with Gasteiger partial charge in [0.2, 0.25) is 0 Å². The van der Waals surface area contributed by atoms with E-state index < -0.39 is 0 Å². The summed E-state index contributed by atoms with van der Waals surface area (Å²) in [5.74, 6) is 0.259. The third-order valence-electron chi connectivity index (χ3n) is 4.13. The molecule has 1 aliphatic heterocycles. The molecule has 1 saturated heterocycles. The lowest BCUT2D eigenvalue weighted by Crippen LogP contribution is -2.53. The van der Waals surface area contributed by atoms with Crippen LogP contribution in [-0.4, -0.2) is 84.9 Å². The summed E-state index contributed by atoms with van der Waals surface area (Å²) >= 11 is 0. The highest BCUT2D eigenvalue weighted by Gasteiger charge is 2.30. The molecule has 0 radical (unpaired) electrons. The minimum atomic E-state index is -0.250. The molecule has 2 N–H and O–H groups in total. The van der Waals surface area contributed by atoms with Crippen molar-refractivity contribution in [3.8, 4) is 0 Å². The number of hydrogen-bond acceptors (Lipinski definition) is 6. The largest absolute Gasteiger partial charge is 0.483 e. The van der Waals surface area contributed by atoms with Crippen LogP contribution >= 0.6 is 0 Å². The maximum absolute atomic E-state index is 12.8. The molecule has 142 valence electrons. The highest BCUT2D eigenvalue weighted by Crippen LogP contribution is 2.21. The van der Waals surface area contributed by atoms with Gasteiger partial charge in [0.25, 0.3) is 12.4 Å². The number of hydrogen-bond donors (Lipinski definition) is 2. The molecule has 1 unspecified atom stereocenters. The van der Waals surface area contributed by atoms with Crippen molar-refractivity contribution in [2.45, 2.75) is 6.04 Å². The molecular weight excluding hydrogens is 340 g/mol. The number of aliphatic hydroxyl groups excluding tert-OH is 1. The summed E-state index contributed by atoms with van der Waals surface area (Å²) in [6.07, 6.45) is 0. The highest BCUT2D eigenvalue weighted by atomic mass is 16.5. The molecule has 3 rings (SSSR count). The second-order valence-corrected chi connectivity index (χ2v) is 5.97. The lowest BCUT2D eigenvalue weighted by Gasteiger charge is -2.37. The number of rotatable bonds is 5. The van der Waals surface area contributed by atoms with Crippen molar-refractivity contribution in [3.63, 3.8) is 0 Å². The fourth-order valence-corrected chi connectivity index (χ4v) is 2.92. The third-order valence-corrected chi connectivity index (χ3v) is 4.13. The van der Waals surface area contributed by atoms with Crippen LogP contribution in [0.5, 0.6) is 0 Å². The molecule has 1 amide bonds. The van der Waals surface area contributed by atoms with Crippen molar-refractivity contribution in [2.24, 2.45) is 0 Å². The molecule has 1 atom stereocenters. The van der Waals surface area contributed by atoms with Gasteiger partial charge in [0.05, 0.1) is 25.9 Å². The number of ether oxygens (including phenoxy) is 1. The highest BCUT2D eigenvalue weighted by molar-refractivity contribution is 5.96. The van der Waals surface area contributed by atoms with E-state index >= 15 is 0 Å². The van der Waals surface area contributed by atoms with Crippen molar-refractivity contribution in [1.29, 1.82) is 0 Å². The number of fused-ring (bicyclic) bond motifs is 1. The van der Waals surface area contributed by atoms with E-state index in [4.69, 9.17) is 24.2 Å². The molecule has 1 aliphatic rings. The van der Waals surface area contributed by atoms with Crippen LogP contribution in [0.3, 0.4) is 0 Å². The van der Waals surface area contributed by atoms with Crippen LogP contribution in [0.4, 0.5) is 0 Å². The Balaban J connectivity index is 0.000000758. The number of aliphatic hydroxyl groups is 1. The molecule has 0 aliphatic carbocycles. The van der Waals surface area contributed by atoms with Gasteiger partial charge >= 0.3 is 0 Å². The fourth-order valence-electron chi connectivity index (χ4n) is 2.92. The first-order chi connectivity index (χ1) is 12.6. The molecule has 1 aromatic carbocycles. The van der Waals surface area contributed by atoms with Crippen LogP contribution in [0.1, 0.15) is 10.6 Å². The van der Waals surface area contributed by atoms with Gasteiger partial charge in [-0.05, 0) is 19.2 Å². The number of amides is 1. The second kappa shape index (κ2) is 9.91. The van der Waals surface area contributed by atoms with E-state index in [1.165, 1.54) is 0 Å². The van der Waals surface area contributed by atoms with Crippen molar-refractivity contribution >= 4 is 23.3 Å². The van der Waals surface area contributed by atoms with E-state index in [1.54, 1.807) is 6.07 Å². The monoisotopic (exact) mass is 364 g/mol. The van der Waals surface area contributed by atoms with Crippen molar-refractivity contribution in [1.82, 2.24) is 9.80 Å². The number of carbonyl (C=O) groups excluding carboxylic acids is 1. The first-order valence-electron chi connectivity index (χ1n) is 8.35. The van der Waals surface area contributed by atoms with E-state index in [-0.39, 0.29) is 25.0 Å². The molecule has 0 saturated carbocycles. The summed E-state index contributed by atoms with van der Waals surface area (Å²) in [4.78, 5) is 25.0. The number of carboxylic acid groups (broad SMARTS) is 1. The Hall–Kier alpha value is -2.42. The van der Waals surface area contributed by atoms with Gasteiger partial charge in [-0.15, -0.1) is 0 Å². The van der Waals surface area contributed by atoms with Crippen LogP contribution in [0.2, 0.25) is 0 Å². The molecule has 2 aromatic rings. The van der Waals surface area contributed by atoms with E-state index in [9.17, 15) is 4.79 Å². The minimum absolute atomic E-state index is 0.0407. The molecule has 1 aromatic heterocycles. The van der Waals surface area contributed by atoms with Gasteiger partial charge in [-0.3, -0.25) is 9.59 Å². The van der Waals surface area contributed by atoms with Crippen LogP contribution in [-0.2, 0) is 9.53 Å². The van der Waals surface area contributed by atoms with E-state index in [2.05, 4.69) is 0 Å². The molecule has 1 fully saturated rings. The van der Waals surface area contributed by atoms with E-state index in [0.717, 1.165) is 11.0 Å². The molecule has 8 heteroatoms. The fraction of sp³-hybridized carbons (Fsp3) is 0.444. The van der Waals surface area contributed by atoms with Gasteiger partial charge in [-0.25, -0.2) is 0 Å². The summed E-state index contributed by atoms with van der Waals surface area (Å²) in [5.41, 5.74) is 0.720. The van der Waals surface area contributed by atoms with Crippen LogP contribution in [0.15, 0.2) is 34.7 Å². The normalized spacial score (nSPS) is 17.0. The van der Waals surface area contributed by atoms with Gasteiger partial charge in [0, 0.05) is 25.0 Å². The van der Waals surface area contributed by atoms with Crippen molar-refractivity contribution in [2.75, 3.05) is 46.5 Å². The zero-order valence-corrected chi connectivity index (χ0v) is 14.7. The van der Waals surface area contributed by atoms with E-state index in [0.29, 0.717) is 38.6 Å². The molecule has 26 heavy (non-hydrogen) atoms. The Labute approximate surface area is 151 Å². The molecular formula is C18H24N2O6. The van der Waals surface area contributed by atoms with Crippen LogP contribution < -0.4 is 0 Å². The first kappa shape index (κ1) is 19.9. The zero-order valence-electron chi connectivity index (χ0n) is 14.7. The van der Waals surface area contributed by atoms with Crippen LogP contribution in [0, 0.1) is 0 Å². The zero-order chi connectivity index (χ0) is 18.9. The smallest absolute Gasteiger partial charge is 0.290 e. The SMILES string of the molecule is CN(CCO)CC1COCCN1C(=O)c1cc2ccccc2o1.O=CO. The Bertz CT molecular complexity index is 684. The number of para-hydroxylation sites is 1. The number of nitrogens with zero attached hydrogens (tertiary/aromatic N) is 2. The molecule has 2 heterocycles. The number of benzene rings is 1. The summed E-state index contributed by atoms with van der Waals surface area (Å²) in [6, 6.07) is 9.36. The van der Waals surface area contributed by atoms with E-state index in [1.807, 2.05) is 41.1 Å². The van der Waals surface area contributed by atoms with Gasteiger partial charge in [-0.2, -0.15) is 0 Å². The minimum Gasteiger partial charge on any atom is -0.483 e. The Morgan fingerprint density at radius 1 is 1.42 bits per heavy atom. The third kappa shape index (κ3) is 5.04. The first-order valence-corrected chi connectivity index (χ1v) is 8.35. The van der Waals surface area contributed by atoms with Crippen molar-refractivity contribution in [3.05, 3.63) is 36.1 Å². The molecule has 0 spiro atoms. The number of furan rings is 1. The average Bonchev–Trinajstić information content (AvgIpc) is 3.06. The topological polar surface area (TPSA) is 103 Å². The maximum Gasteiger partial charge on any atom is 0.290 e. The lowest BCUT2D eigenvalue weighted by molar-refractivity contribution is -0.122. The number of likely N-dealkylation sites (N-methyl/N-ethyl adjacent to an activating group) is 1. The Morgan fingerprint density at radius 3 is 2.85 bits per heavy atom. The molecule has 8 nitrogen and oxygen atoms in total. The Kier molecular flexibility index (Phi) is 7.58. The van der Waals surface area contributed by atoms with Gasteiger partial charge in [-0.1, -0.05) is 18.2 Å². The standard InChI is InChI=1S/C17H22N2O4.CH2O2/c1-18(6-8-20)11-14-12-22-9-7-19(14)17(21)16-10-13-4-2-3-5-15(13)23-16;2-1-3/h2-5,10,14,20H,6-9,11-12H2,1H3;1H,(H,2,3). The summed E-state index contributed by atoms with van der Waals surface area (Å²) in [5, 5.41) is 16.8. The summed E-state index contributed by atoms with van der Waals surface area (Å²) in [7, 11) is 1.93. The summed E-state index contributed by atoms with van der Waals surface area (Å²) < 4.78 is 11.2.